The zero-order chi connectivity index (χ0) is 10.8. The first-order valence-corrected chi connectivity index (χ1v) is 5.96. The maximum Gasteiger partial charge on any atom is 0.0522 e. The Hall–Kier alpha value is -0.800. The fourth-order valence-electron chi connectivity index (χ4n) is 2.00. The minimum atomic E-state index is 0.752. The predicted octanol–water partition coefficient (Wildman–Crippen LogP) is 2.83. The standard InChI is InChI=1S/C12H15BrN2/c1-15-8-11(13)10-6-2-4-9(12(10)15)5-3-7-14/h2,4,6,8H,3,5,7,14H2,1H3. The summed E-state index contributed by atoms with van der Waals surface area (Å²) in [4.78, 5) is 0. The van der Waals surface area contributed by atoms with Crippen LogP contribution >= 0.6 is 15.9 Å². The van der Waals surface area contributed by atoms with E-state index < -0.39 is 0 Å². The molecule has 0 amide bonds. The van der Waals surface area contributed by atoms with E-state index in [0.717, 1.165) is 23.9 Å². The van der Waals surface area contributed by atoms with Crippen molar-refractivity contribution < 1.29 is 0 Å². The molecule has 0 fully saturated rings. The van der Waals surface area contributed by atoms with Gasteiger partial charge >= 0.3 is 0 Å². The molecule has 0 saturated heterocycles. The molecule has 0 saturated carbocycles. The zero-order valence-electron chi connectivity index (χ0n) is 8.83. The number of aromatic nitrogens is 1. The Morgan fingerprint density at radius 2 is 2.20 bits per heavy atom. The van der Waals surface area contributed by atoms with Crippen LogP contribution in [-0.4, -0.2) is 11.1 Å². The molecule has 0 radical (unpaired) electrons. The number of rotatable bonds is 3. The summed E-state index contributed by atoms with van der Waals surface area (Å²) in [6, 6.07) is 6.44. The monoisotopic (exact) mass is 266 g/mol. The lowest BCUT2D eigenvalue weighted by atomic mass is 10.1. The second-order valence-electron chi connectivity index (χ2n) is 3.79. The Morgan fingerprint density at radius 3 is 2.93 bits per heavy atom. The van der Waals surface area contributed by atoms with E-state index in [1.54, 1.807) is 0 Å². The molecule has 0 aliphatic carbocycles. The van der Waals surface area contributed by atoms with Crippen molar-refractivity contribution in [3.05, 3.63) is 34.4 Å². The van der Waals surface area contributed by atoms with Crippen LogP contribution in [0.25, 0.3) is 10.9 Å². The number of hydrogen-bond donors (Lipinski definition) is 1. The van der Waals surface area contributed by atoms with Crippen LogP contribution in [0.4, 0.5) is 0 Å². The number of aryl methyl sites for hydroxylation is 2. The Kier molecular flexibility index (Phi) is 3.12. The Balaban J connectivity index is 2.54. The van der Waals surface area contributed by atoms with Crippen LogP contribution in [0.1, 0.15) is 12.0 Å². The molecule has 0 atom stereocenters. The fourth-order valence-corrected chi connectivity index (χ4v) is 2.63. The van der Waals surface area contributed by atoms with Crippen molar-refractivity contribution in [2.75, 3.05) is 6.54 Å². The Morgan fingerprint density at radius 1 is 1.40 bits per heavy atom. The van der Waals surface area contributed by atoms with Gasteiger partial charge in [0.2, 0.25) is 0 Å². The van der Waals surface area contributed by atoms with Gasteiger partial charge in [-0.3, -0.25) is 0 Å². The van der Waals surface area contributed by atoms with Gasteiger partial charge in [-0.25, -0.2) is 0 Å². The maximum absolute atomic E-state index is 5.55. The van der Waals surface area contributed by atoms with Gasteiger partial charge in [-0.2, -0.15) is 0 Å². The molecule has 80 valence electrons. The van der Waals surface area contributed by atoms with Gasteiger partial charge in [0.15, 0.2) is 0 Å². The first-order chi connectivity index (χ1) is 7.24. The zero-order valence-corrected chi connectivity index (χ0v) is 10.4. The molecular weight excluding hydrogens is 252 g/mol. The van der Waals surface area contributed by atoms with Gasteiger partial charge in [0.1, 0.15) is 0 Å². The molecular formula is C12H15BrN2. The van der Waals surface area contributed by atoms with Gasteiger partial charge in [0, 0.05) is 23.1 Å². The van der Waals surface area contributed by atoms with E-state index in [0.29, 0.717) is 0 Å². The lowest BCUT2D eigenvalue weighted by Gasteiger charge is -2.05. The van der Waals surface area contributed by atoms with Crippen molar-refractivity contribution in [2.45, 2.75) is 12.8 Å². The molecule has 0 bridgehead atoms. The average Bonchev–Trinajstić information content (AvgIpc) is 2.53. The predicted molar refractivity (Wildman–Crippen MR) is 68.0 cm³/mol. The normalized spacial score (nSPS) is 11.1. The second-order valence-corrected chi connectivity index (χ2v) is 4.65. The highest BCUT2D eigenvalue weighted by molar-refractivity contribution is 9.10. The third-order valence-electron chi connectivity index (χ3n) is 2.69. The van der Waals surface area contributed by atoms with E-state index >= 15 is 0 Å². The third kappa shape index (κ3) is 1.94. The molecule has 15 heavy (non-hydrogen) atoms. The Bertz CT molecular complexity index is 474. The summed E-state index contributed by atoms with van der Waals surface area (Å²) < 4.78 is 3.33. The van der Waals surface area contributed by atoms with Gasteiger partial charge < -0.3 is 10.3 Å². The number of fused-ring (bicyclic) bond motifs is 1. The van der Waals surface area contributed by atoms with Gasteiger partial charge in [0.05, 0.1) is 5.52 Å². The molecule has 0 aliphatic rings. The number of hydrogen-bond acceptors (Lipinski definition) is 1. The molecule has 1 aromatic carbocycles. The topological polar surface area (TPSA) is 30.9 Å². The second kappa shape index (κ2) is 4.37. The summed E-state index contributed by atoms with van der Waals surface area (Å²) in [5.74, 6) is 0. The van der Waals surface area contributed by atoms with Crippen molar-refractivity contribution in [1.82, 2.24) is 4.57 Å². The molecule has 1 heterocycles. The molecule has 2 N–H and O–H groups in total. The van der Waals surface area contributed by atoms with Crippen LogP contribution in [0, 0.1) is 0 Å². The molecule has 2 aromatic rings. The van der Waals surface area contributed by atoms with Crippen molar-refractivity contribution in [1.29, 1.82) is 0 Å². The summed E-state index contributed by atoms with van der Waals surface area (Å²) in [5, 5.41) is 1.28. The van der Waals surface area contributed by atoms with Crippen LogP contribution in [0.15, 0.2) is 28.9 Å². The molecule has 3 heteroatoms. The van der Waals surface area contributed by atoms with Crippen molar-refractivity contribution in [3.63, 3.8) is 0 Å². The maximum atomic E-state index is 5.55. The first kappa shape index (κ1) is 10.7. The first-order valence-electron chi connectivity index (χ1n) is 5.16. The molecule has 0 unspecified atom stereocenters. The average molecular weight is 267 g/mol. The van der Waals surface area contributed by atoms with Crippen molar-refractivity contribution >= 4 is 26.8 Å². The highest BCUT2D eigenvalue weighted by atomic mass is 79.9. The Labute approximate surface area is 98.2 Å². The number of nitrogens with zero attached hydrogens (tertiary/aromatic N) is 1. The van der Waals surface area contributed by atoms with E-state index in [9.17, 15) is 0 Å². The summed E-state index contributed by atoms with van der Waals surface area (Å²) in [5.41, 5.74) is 8.25. The summed E-state index contributed by atoms with van der Waals surface area (Å²) in [6.45, 7) is 0.752. The highest BCUT2D eigenvalue weighted by Gasteiger charge is 2.07. The summed E-state index contributed by atoms with van der Waals surface area (Å²) in [7, 11) is 2.08. The van der Waals surface area contributed by atoms with Crippen molar-refractivity contribution in [3.8, 4) is 0 Å². The van der Waals surface area contributed by atoms with Gasteiger partial charge in [-0.1, -0.05) is 18.2 Å². The van der Waals surface area contributed by atoms with Crippen molar-refractivity contribution in [2.24, 2.45) is 12.8 Å². The van der Waals surface area contributed by atoms with E-state index in [4.69, 9.17) is 5.73 Å². The van der Waals surface area contributed by atoms with Crippen LogP contribution in [0.5, 0.6) is 0 Å². The van der Waals surface area contributed by atoms with E-state index in [-0.39, 0.29) is 0 Å². The van der Waals surface area contributed by atoms with Gasteiger partial charge in [-0.15, -0.1) is 0 Å². The van der Waals surface area contributed by atoms with Crippen LogP contribution in [-0.2, 0) is 13.5 Å². The molecule has 2 rings (SSSR count). The van der Waals surface area contributed by atoms with E-state index in [1.807, 2.05) is 0 Å². The van der Waals surface area contributed by atoms with Gasteiger partial charge in [0.25, 0.3) is 0 Å². The largest absolute Gasteiger partial charge is 0.349 e. The highest BCUT2D eigenvalue weighted by Crippen LogP contribution is 2.28. The minimum absolute atomic E-state index is 0.752. The summed E-state index contributed by atoms with van der Waals surface area (Å²) in [6.07, 6.45) is 4.21. The number of halogens is 1. The quantitative estimate of drug-likeness (QED) is 0.910. The third-order valence-corrected chi connectivity index (χ3v) is 3.32. The summed E-state index contributed by atoms with van der Waals surface area (Å²) >= 11 is 3.57. The number of benzene rings is 1. The van der Waals surface area contributed by atoms with Gasteiger partial charge in [-0.05, 0) is 40.9 Å². The smallest absolute Gasteiger partial charge is 0.0522 e. The van der Waals surface area contributed by atoms with E-state index in [2.05, 4.69) is 51.9 Å². The van der Waals surface area contributed by atoms with Crippen LogP contribution in [0.2, 0.25) is 0 Å². The molecule has 1 aromatic heterocycles. The molecule has 0 aliphatic heterocycles. The lowest BCUT2D eigenvalue weighted by Crippen LogP contribution is -2.01. The fraction of sp³-hybridized carbons (Fsp3) is 0.333. The van der Waals surface area contributed by atoms with Crippen LogP contribution in [0.3, 0.4) is 0 Å². The van der Waals surface area contributed by atoms with E-state index in [1.165, 1.54) is 16.5 Å². The number of nitrogens with two attached hydrogens (primary N) is 1. The lowest BCUT2D eigenvalue weighted by molar-refractivity contribution is 0.829. The number of para-hydroxylation sites is 1. The molecule has 2 nitrogen and oxygen atoms in total. The van der Waals surface area contributed by atoms with Crippen LogP contribution < -0.4 is 5.73 Å². The minimum Gasteiger partial charge on any atom is -0.349 e. The SMILES string of the molecule is Cn1cc(Br)c2cccc(CCCN)c21. The molecule has 0 spiro atoms.